The van der Waals surface area contributed by atoms with Crippen LogP contribution in [0.15, 0.2) is 10.3 Å². The molecule has 0 aliphatic heterocycles. The van der Waals surface area contributed by atoms with E-state index < -0.39 is 11.0 Å². The lowest BCUT2D eigenvalue weighted by molar-refractivity contribution is -0.132. The molecule has 0 saturated heterocycles. The molecule has 0 aromatic heterocycles. The molecule has 0 unspecified atom stereocenters. The molecule has 0 atom stereocenters. The van der Waals surface area contributed by atoms with Gasteiger partial charge in [-0.2, -0.15) is 0 Å². The molecule has 0 rings (SSSR count). The quantitative estimate of drug-likeness (QED) is 0.504. The normalized spacial score (nSPS) is 12.3. The molecule has 0 radical (unpaired) electrons. The number of hydrogen-bond donors (Lipinski definition) is 1. The third-order valence-corrected chi connectivity index (χ3v) is 1.31. The first kappa shape index (κ1) is 8.59. The zero-order valence-electron chi connectivity index (χ0n) is 4.52. The van der Waals surface area contributed by atoms with Gasteiger partial charge in [0.05, 0.1) is 7.11 Å². The molecule has 0 fully saturated rings. The lowest BCUT2D eigenvalue weighted by Gasteiger charge is -1.94. The first-order valence-corrected chi connectivity index (χ1v) is 2.67. The summed E-state index contributed by atoms with van der Waals surface area (Å²) in [5.41, 5.74) is 0. The molecule has 52 valence electrons. The van der Waals surface area contributed by atoms with E-state index in [1.165, 1.54) is 7.11 Å². The maximum atomic E-state index is 9.95. The topological polar surface area (TPSA) is 46.5 Å². The second-order valence-electron chi connectivity index (χ2n) is 1.10. The summed E-state index contributed by atoms with van der Waals surface area (Å²) in [6.07, 6.45) is 0. The number of rotatable bonds is 2. The number of carbonyl (C=O) groups is 1. The summed E-state index contributed by atoms with van der Waals surface area (Å²) in [6, 6.07) is 0. The molecule has 0 aromatic rings. The number of methoxy groups -OCH3 is 1. The number of hydrogen-bond acceptors (Lipinski definition) is 2. The van der Waals surface area contributed by atoms with Crippen molar-refractivity contribution >= 4 is 29.2 Å². The predicted molar refractivity (Wildman–Crippen MR) is 33.4 cm³/mol. The first-order chi connectivity index (χ1) is 4.09. The third kappa shape index (κ3) is 2.58. The Balaban J connectivity index is 4.28. The molecule has 0 aromatic carbocycles. The number of carboxylic acid groups (broad SMARTS) is 1. The fraction of sp³-hybridized carbons (Fsp3) is 0.250. The van der Waals surface area contributed by atoms with Crippen LogP contribution >= 0.6 is 23.2 Å². The van der Waals surface area contributed by atoms with Crippen LogP contribution in [-0.2, 0) is 9.53 Å². The Labute approximate surface area is 61.8 Å². The molecule has 1 N–H and O–H groups in total. The average molecular weight is 171 g/mol. The van der Waals surface area contributed by atoms with E-state index in [1.807, 2.05) is 0 Å². The van der Waals surface area contributed by atoms with Gasteiger partial charge < -0.3 is 9.84 Å². The molecule has 0 bridgehead atoms. The summed E-state index contributed by atoms with van der Waals surface area (Å²) in [5, 5.41) is 7.30. The van der Waals surface area contributed by atoms with E-state index in [9.17, 15) is 4.79 Å². The number of aliphatic carboxylic acids is 1. The molecular formula is C4H4Cl2O3. The van der Waals surface area contributed by atoms with E-state index in [4.69, 9.17) is 28.3 Å². The molecule has 9 heavy (non-hydrogen) atoms. The predicted octanol–water partition coefficient (Wildman–Crippen LogP) is 1.36. The molecule has 5 heteroatoms. The van der Waals surface area contributed by atoms with E-state index in [0.717, 1.165) is 0 Å². The van der Waals surface area contributed by atoms with E-state index in [-0.39, 0.29) is 5.22 Å². The molecule has 0 saturated carbocycles. The average Bonchev–Trinajstić information content (AvgIpc) is 1.84. The van der Waals surface area contributed by atoms with Gasteiger partial charge in [-0.15, -0.1) is 0 Å². The monoisotopic (exact) mass is 170 g/mol. The SMILES string of the molecule is CO/C(Cl)=C(/Cl)C(=O)O. The highest BCUT2D eigenvalue weighted by Gasteiger charge is 2.09. The van der Waals surface area contributed by atoms with Crippen LogP contribution in [0.2, 0.25) is 0 Å². The van der Waals surface area contributed by atoms with Crippen LogP contribution in [0.4, 0.5) is 0 Å². The van der Waals surface area contributed by atoms with Gasteiger partial charge in [0, 0.05) is 0 Å². The summed E-state index contributed by atoms with van der Waals surface area (Å²) in [6.45, 7) is 0. The maximum Gasteiger partial charge on any atom is 0.352 e. The van der Waals surface area contributed by atoms with Crippen LogP contribution in [0.25, 0.3) is 0 Å². The Hall–Kier alpha value is -0.410. The Kier molecular flexibility index (Phi) is 3.42. The fourth-order valence-corrected chi connectivity index (χ4v) is 0.332. The lowest BCUT2D eigenvalue weighted by atomic mass is 10.6. The van der Waals surface area contributed by atoms with Crippen LogP contribution in [0, 0.1) is 0 Å². The second kappa shape index (κ2) is 3.58. The Morgan fingerprint density at radius 3 is 2.11 bits per heavy atom. The maximum absolute atomic E-state index is 9.95. The summed E-state index contributed by atoms with van der Waals surface area (Å²) in [5.74, 6) is -1.30. The van der Waals surface area contributed by atoms with Gasteiger partial charge in [-0.25, -0.2) is 4.79 Å². The summed E-state index contributed by atoms with van der Waals surface area (Å²) >= 11 is 10.2. The van der Waals surface area contributed by atoms with Crippen LogP contribution < -0.4 is 0 Å². The van der Waals surface area contributed by atoms with Gasteiger partial charge in [-0.1, -0.05) is 11.6 Å². The standard InChI is InChI=1S/C4H4Cl2O3/c1-9-3(6)2(5)4(7)8/h1H3,(H,7,8)/b3-2+. The van der Waals surface area contributed by atoms with Crippen LogP contribution in [0.5, 0.6) is 0 Å². The van der Waals surface area contributed by atoms with Gasteiger partial charge >= 0.3 is 5.97 Å². The summed E-state index contributed by atoms with van der Waals surface area (Å²) < 4.78 is 4.31. The van der Waals surface area contributed by atoms with Crippen molar-refractivity contribution < 1.29 is 14.6 Å². The van der Waals surface area contributed by atoms with Crippen molar-refractivity contribution in [3.05, 3.63) is 10.3 Å². The Morgan fingerprint density at radius 1 is 1.56 bits per heavy atom. The van der Waals surface area contributed by atoms with Gasteiger partial charge in [0.2, 0.25) is 5.22 Å². The zero-order valence-corrected chi connectivity index (χ0v) is 6.03. The van der Waals surface area contributed by atoms with Gasteiger partial charge in [0.25, 0.3) is 0 Å². The molecule has 0 heterocycles. The summed E-state index contributed by atoms with van der Waals surface area (Å²) in [7, 11) is 1.23. The Morgan fingerprint density at radius 2 is 2.00 bits per heavy atom. The fourth-order valence-electron chi connectivity index (χ4n) is 0.174. The zero-order chi connectivity index (χ0) is 7.44. The lowest BCUT2D eigenvalue weighted by Crippen LogP contribution is -1.96. The highest BCUT2D eigenvalue weighted by Crippen LogP contribution is 2.13. The second-order valence-corrected chi connectivity index (χ2v) is 1.82. The van der Waals surface area contributed by atoms with E-state index in [2.05, 4.69) is 4.74 Å². The van der Waals surface area contributed by atoms with Crippen molar-refractivity contribution in [1.82, 2.24) is 0 Å². The number of halogens is 2. The van der Waals surface area contributed by atoms with Crippen molar-refractivity contribution in [2.45, 2.75) is 0 Å². The van der Waals surface area contributed by atoms with Crippen LogP contribution in [-0.4, -0.2) is 18.2 Å². The minimum Gasteiger partial charge on any atom is -0.485 e. The minimum absolute atomic E-state index is 0.316. The van der Waals surface area contributed by atoms with Crippen molar-refractivity contribution in [2.24, 2.45) is 0 Å². The van der Waals surface area contributed by atoms with Crippen molar-refractivity contribution in [3.8, 4) is 0 Å². The largest absolute Gasteiger partial charge is 0.485 e. The van der Waals surface area contributed by atoms with E-state index >= 15 is 0 Å². The number of ether oxygens (including phenoxy) is 1. The molecule has 0 aliphatic carbocycles. The van der Waals surface area contributed by atoms with Crippen LogP contribution in [0.1, 0.15) is 0 Å². The molecular weight excluding hydrogens is 167 g/mol. The van der Waals surface area contributed by atoms with E-state index in [1.54, 1.807) is 0 Å². The van der Waals surface area contributed by atoms with Gasteiger partial charge in [0.1, 0.15) is 0 Å². The first-order valence-electron chi connectivity index (χ1n) is 1.92. The van der Waals surface area contributed by atoms with Gasteiger partial charge in [-0.05, 0) is 11.6 Å². The molecule has 0 spiro atoms. The smallest absolute Gasteiger partial charge is 0.352 e. The molecule has 3 nitrogen and oxygen atoms in total. The number of carboxylic acids is 1. The summed E-state index contributed by atoms with van der Waals surface area (Å²) in [4.78, 5) is 9.95. The van der Waals surface area contributed by atoms with Gasteiger partial charge in [0.15, 0.2) is 5.03 Å². The highest BCUT2D eigenvalue weighted by molar-refractivity contribution is 6.46. The van der Waals surface area contributed by atoms with Crippen molar-refractivity contribution in [3.63, 3.8) is 0 Å². The molecule has 0 amide bonds. The highest BCUT2D eigenvalue weighted by atomic mass is 35.5. The van der Waals surface area contributed by atoms with E-state index in [0.29, 0.717) is 0 Å². The third-order valence-electron chi connectivity index (χ3n) is 0.540. The minimum atomic E-state index is -1.30. The van der Waals surface area contributed by atoms with Crippen LogP contribution in [0.3, 0.4) is 0 Å². The van der Waals surface area contributed by atoms with Crippen molar-refractivity contribution in [2.75, 3.05) is 7.11 Å². The molecule has 0 aliphatic rings. The van der Waals surface area contributed by atoms with Gasteiger partial charge in [-0.3, -0.25) is 0 Å². The van der Waals surface area contributed by atoms with Crippen molar-refractivity contribution in [1.29, 1.82) is 0 Å². The Bertz CT molecular complexity index is 152.